The number of furan rings is 1. The lowest BCUT2D eigenvalue weighted by molar-refractivity contribution is 0.00694. The van der Waals surface area contributed by atoms with Gasteiger partial charge in [-0.15, -0.1) is 0 Å². The number of nitrogens with two attached hydrogens (primary N) is 1. The number of likely N-dealkylation sites (tertiary alicyclic amines) is 1. The van der Waals surface area contributed by atoms with Crippen LogP contribution in [0.25, 0.3) is 11.3 Å². The van der Waals surface area contributed by atoms with Crippen LogP contribution in [-0.4, -0.2) is 53.1 Å². The number of nitrogens with zero attached hydrogens (tertiary/aromatic N) is 4. The third-order valence-corrected chi connectivity index (χ3v) is 6.26. The van der Waals surface area contributed by atoms with Crippen LogP contribution in [0.4, 0.5) is 15.0 Å². The maximum Gasteiger partial charge on any atom is 0.412 e. The minimum atomic E-state index is -1.47. The second-order valence-electron chi connectivity index (χ2n) is 8.38. The first kappa shape index (κ1) is 24.0. The van der Waals surface area contributed by atoms with Crippen molar-refractivity contribution < 1.29 is 23.1 Å². The van der Waals surface area contributed by atoms with Gasteiger partial charge >= 0.3 is 6.09 Å². The van der Waals surface area contributed by atoms with Crippen LogP contribution in [0.5, 0.6) is 0 Å². The zero-order valence-corrected chi connectivity index (χ0v) is 19.1. The van der Waals surface area contributed by atoms with Crippen LogP contribution in [0, 0.1) is 11.3 Å². The highest BCUT2D eigenvalue weighted by molar-refractivity contribution is 6.00. The predicted octanol–water partition coefficient (Wildman–Crippen LogP) is 3.27. The van der Waals surface area contributed by atoms with Crippen LogP contribution in [0.3, 0.4) is 0 Å². The van der Waals surface area contributed by atoms with Gasteiger partial charge in [-0.1, -0.05) is 24.3 Å². The van der Waals surface area contributed by atoms with Crippen LogP contribution in [0.2, 0.25) is 0 Å². The predicted molar refractivity (Wildman–Crippen MR) is 124 cm³/mol. The largest absolute Gasteiger partial charge is 0.464 e. The molecule has 2 atom stereocenters. The lowest BCUT2D eigenvalue weighted by Crippen LogP contribution is -2.54. The Morgan fingerprint density at radius 2 is 2.14 bits per heavy atom. The van der Waals surface area contributed by atoms with Crippen LogP contribution < -0.4 is 11.1 Å². The van der Waals surface area contributed by atoms with E-state index in [1.165, 1.54) is 10.9 Å². The number of ether oxygens (including phenoxy) is 1. The summed E-state index contributed by atoms with van der Waals surface area (Å²) in [6.07, 6.45) is 0.676. The number of anilines is 1. The summed E-state index contributed by atoms with van der Waals surface area (Å²) in [6.45, 7) is 1.09. The Balaban J connectivity index is 1.52. The van der Waals surface area contributed by atoms with E-state index in [0.717, 1.165) is 24.0 Å². The molecule has 1 aliphatic heterocycles. The summed E-state index contributed by atoms with van der Waals surface area (Å²) in [5.74, 6) is -0.219. The van der Waals surface area contributed by atoms with E-state index in [-0.39, 0.29) is 30.8 Å². The Morgan fingerprint density at radius 3 is 2.74 bits per heavy atom. The molecule has 0 bridgehead atoms. The molecule has 2 amide bonds. The molecule has 2 unspecified atom stereocenters. The molecule has 2 aromatic heterocycles. The average Bonchev–Trinajstić information content (AvgIpc) is 3.52. The number of primary amides is 1. The smallest absolute Gasteiger partial charge is 0.412 e. The molecular weight excluding hydrogens is 455 g/mol. The van der Waals surface area contributed by atoms with Crippen LogP contribution in [0.15, 0.2) is 53.3 Å². The van der Waals surface area contributed by atoms with Crippen molar-refractivity contribution in [2.75, 3.05) is 25.5 Å². The van der Waals surface area contributed by atoms with Gasteiger partial charge in [-0.3, -0.25) is 19.7 Å². The molecule has 0 spiro atoms. The molecule has 3 heterocycles. The second kappa shape index (κ2) is 9.99. The number of rotatable bonds is 7. The van der Waals surface area contributed by atoms with Crippen molar-refractivity contribution in [2.24, 2.45) is 5.73 Å². The van der Waals surface area contributed by atoms with Gasteiger partial charge in [0.2, 0.25) is 0 Å². The number of nitrogens with one attached hydrogen (secondary N) is 1. The van der Waals surface area contributed by atoms with Gasteiger partial charge in [0.05, 0.1) is 25.9 Å². The van der Waals surface area contributed by atoms with E-state index in [0.29, 0.717) is 13.1 Å². The summed E-state index contributed by atoms with van der Waals surface area (Å²) in [5.41, 5.74) is 5.98. The molecule has 0 aliphatic carbocycles. The minimum absolute atomic E-state index is 0.0626. The van der Waals surface area contributed by atoms with Crippen molar-refractivity contribution in [1.29, 1.82) is 5.26 Å². The summed E-state index contributed by atoms with van der Waals surface area (Å²) < 4.78 is 27.0. The lowest BCUT2D eigenvalue weighted by atomic mass is 9.83. The number of halogens is 1. The third-order valence-electron chi connectivity index (χ3n) is 6.26. The van der Waals surface area contributed by atoms with Gasteiger partial charge in [0.1, 0.15) is 23.0 Å². The molecule has 0 saturated carbocycles. The Morgan fingerprint density at radius 1 is 1.37 bits per heavy atom. The van der Waals surface area contributed by atoms with Crippen molar-refractivity contribution in [2.45, 2.75) is 31.1 Å². The Hall–Kier alpha value is -4.17. The van der Waals surface area contributed by atoms with Gasteiger partial charge in [0, 0.05) is 31.4 Å². The Kier molecular flexibility index (Phi) is 6.84. The van der Waals surface area contributed by atoms with Crippen molar-refractivity contribution >= 4 is 17.8 Å². The van der Waals surface area contributed by atoms with Gasteiger partial charge < -0.3 is 14.9 Å². The number of benzene rings is 1. The molecule has 1 aromatic carbocycles. The number of hydrogen-bond acceptors (Lipinski definition) is 7. The van der Waals surface area contributed by atoms with Crippen molar-refractivity contribution in [3.05, 3.63) is 60.0 Å². The highest BCUT2D eigenvalue weighted by Gasteiger charge is 2.46. The first-order valence-electron chi connectivity index (χ1n) is 11.0. The van der Waals surface area contributed by atoms with Crippen molar-refractivity contribution in [1.82, 2.24) is 14.7 Å². The maximum absolute atomic E-state index is 15.8. The van der Waals surface area contributed by atoms with Crippen LogP contribution in [-0.2, 0) is 16.8 Å². The summed E-state index contributed by atoms with van der Waals surface area (Å²) in [5, 5.41) is 16.0. The number of amides is 2. The molecular formula is C24H25FN6O4. The Labute approximate surface area is 201 Å². The van der Waals surface area contributed by atoms with E-state index in [9.17, 15) is 14.9 Å². The fourth-order valence-corrected chi connectivity index (χ4v) is 4.31. The molecule has 182 valence electrons. The highest BCUT2D eigenvalue weighted by atomic mass is 19.1. The molecule has 3 N–H and O–H groups in total. The monoisotopic (exact) mass is 480 g/mol. The fraction of sp³-hybridized carbons (Fsp3) is 0.333. The van der Waals surface area contributed by atoms with Crippen molar-refractivity contribution in [3.8, 4) is 17.4 Å². The van der Waals surface area contributed by atoms with E-state index in [1.54, 1.807) is 6.26 Å². The van der Waals surface area contributed by atoms with Crippen LogP contribution in [0.1, 0.15) is 28.8 Å². The summed E-state index contributed by atoms with van der Waals surface area (Å²) in [6, 6.07) is 13.6. The summed E-state index contributed by atoms with van der Waals surface area (Å²) >= 11 is 0. The van der Waals surface area contributed by atoms with Crippen molar-refractivity contribution in [3.63, 3.8) is 0 Å². The molecule has 35 heavy (non-hydrogen) atoms. The van der Waals surface area contributed by atoms with E-state index in [4.69, 9.17) is 10.2 Å². The molecule has 1 fully saturated rings. The van der Waals surface area contributed by atoms with Gasteiger partial charge in [-0.2, -0.15) is 10.4 Å². The third kappa shape index (κ3) is 4.88. The zero-order valence-electron chi connectivity index (χ0n) is 19.1. The van der Waals surface area contributed by atoms with Gasteiger partial charge in [-0.05, 0) is 24.1 Å². The molecule has 10 nitrogen and oxygen atoms in total. The standard InChI is InChI=1S/C24H25FN6O4/c1-34-23(33)28-22-18(21(27)32)14-31(29-22)24(8-10-26)9-11-30(15-20(24)25)13-16-4-6-17(7-5-16)19-3-2-12-35-19/h2-7,12,14,20H,8-9,11,13,15H2,1H3,(H2,27,32)(H,28,29,33). The number of carbonyl (C=O) groups is 2. The molecule has 11 heteroatoms. The fourth-order valence-electron chi connectivity index (χ4n) is 4.31. The lowest BCUT2D eigenvalue weighted by Gasteiger charge is -2.43. The van der Waals surface area contributed by atoms with Gasteiger partial charge in [-0.25, -0.2) is 9.18 Å². The second-order valence-corrected chi connectivity index (χ2v) is 8.38. The SMILES string of the molecule is COC(=O)Nc1nn(C2(CC#N)CCN(Cc3ccc(-c4ccco4)cc3)CC2F)cc1C(N)=O. The number of aromatic nitrogens is 2. The van der Waals surface area contributed by atoms with Gasteiger partial charge in [0.25, 0.3) is 5.91 Å². The number of nitriles is 1. The zero-order chi connectivity index (χ0) is 25.0. The van der Waals surface area contributed by atoms with Crippen LogP contribution >= 0.6 is 0 Å². The van der Waals surface area contributed by atoms with E-state index in [2.05, 4.69) is 15.2 Å². The molecule has 3 aromatic rings. The quantitative estimate of drug-likeness (QED) is 0.529. The molecule has 0 radical (unpaired) electrons. The first-order chi connectivity index (χ1) is 16.9. The Bertz CT molecular complexity index is 1230. The number of carbonyl (C=O) groups excluding carboxylic acids is 2. The van der Waals surface area contributed by atoms with Gasteiger partial charge in [0.15, 0.2) is 5.82 Å². The highest BCUT2D eigenvalue weighted by Crippen LogP contribution is 2.37. The summed E-state index contributed by atoms with van der Waals surface area (Å²) in [4.78, 5) is 25.5. The molecule has 1 aliphatic rings. The molecule has 1 saturated heterocycles. The van der Waals surface area contributed by atoms with E-state index >= 15 is 4.39 Å². The maximum atomic E-state index is 15.8. The minimum Gasteiger partial charge on any atom is -0.464 e. The van der Waals surface area contributed by atoms with E-state index in [1.807, 2.05) is 47.4 Å². The average molecular weight is 481 g/mol. The summed E-state index contributed by atoms with van der Waals surface area (Å²) in [7, 11) is 1.16. The number of piperidine rings is 1. The number of alkyl halides is 1. The molecule has 4 rings (SSSR count). The normalized spacial score (nSPS) is 20.2. The topological polar surface area (TPSA) is 139 Å². The number of hydrogen-bond donors (Lipinski definition) is 2. The number of methoxy groups -OCH3 is 1. The first-order valence-corrected chi connectivity index (χ1v) is 11.0. The van der Waals surface area contributed by atoms with E-state index < -0.39 is 23.7 Å².